The molecule has 14 heavy (non-hydrogen) atoms. The summed E-state index contributed by atoms with van der Waals surface area (Å²) in [5, 5.41) is 0. The number of ether oxygens (including phenoxy) is 1. The van der Waals surface area contributed by atoms with Crippen molar-refractivity contribution in [2.45, 2.75) is 33.8 Å². The van der Waals surface area contributed by atoms with E-state index in [1.54, 1.807) is 0 Å². The Morgan fingerprint density at radius 2 is 1.57 bits per heavy atom. The normalized spacial score (nSPS) is 10.4. The second-order valence-electron chi connectivity index (χ2n) is 3.03. The molecule has 0 spiro atoms. The smallest absolute Gasteiger partial charge is 0.474 e. The lowest BCUT2D eigenvalue weighted by Gasteiger charge is -2.15. The summed E-state index contributed by atoms with van der Waals surface area (Å²) >= 11 is 0. The average molecular weight is 220 g/mol. The van der Waals surface area contributed by atoms with E-state index < -0.39 is 21.2 Å². The van der Waals surface area contributed by atoms with Crippen LogP contribution < -0.4 is 0 Å². The van der Waals surface area contributed by atoms with Crippen molar-refractivity contribution in [1.29, 1.82) is 0 Å². The molecule has 0 fully saturated rings. The molecule has 0 bridgehead atoms. The van der Waals surface area contributed by atoms with Crippen LogP contribution in [0, 0.1) is 0 Å². The van der Waals surface area contributed by atoms with Crippen LogP contribution in [0.1, 0.15) is 27.7 Å². The van der Waals surface area contributed by atoms with Crippen molar-refractivity contribution in [1.82, 2.24) is 0 Å². The lowest BCUT2D eigenvalue weighted by molar-refractivity contribution is -0.138. The van der Waals surface area contributed by atoms with E-state index in [1.165, 1.54) is 13.8 Å². The third kappa shape index (κ3) is 7.75. The van der Waals surface area contributed by atoms with Crippen molar-refractivity contribution in [3.63, 3.8) is 0 Å². The zero-order valence-electron chi connectivity index (χ0n) is 8.90. The van der Waals surface area contributed by atoms with E-state index in [-0.39, 0.29) is 12.3 Å². The minimum atomic E-state index is -2.33. The molecule has 0 aromatic heterocycles. The van der Waals surface area contributed by atoms with Crippen LogP contribution >= 0.6 is 0 Å². The molecule has 0 amide bonds. The Labute approximate surface area is 85.2 Å². The van der Waals surface area contributed by atoms with Crippen molar-refractivity contribution < 1.29 is 23.2 Å². The SMILES string of the molecule is CC(=O)O[SiH](COC(C)C)OC(C)=O. The molecule has 0 heterocycles. The Morgan fingerprint density at radius 1 is 1.14 bits per heavy atom. The maximum absolute atomic E-state index is 10.6. The van der Waals surface area contributed by atoms with Crippen LogP contribution in [0.5, 0.6) is 0 Å². The lowest BCUT2D eigenvalue weighted by Crippen LogP contribution is -2.34. The Hall–Kier alpha value is -0.883. The predicted molar refractivity (Wildman–Crippen MR) is 51.8 cm³/mol. The van der Waals surface area contributed by atoms with Gasteiger partial charge in [-0.3, -0.25) is 9.59 Å². The fraction of sp³-hybridized carbons (Fsp3) is 0.750. The number of hydrogen-bond donors (Lipinski definition) is 0. The molecular formula is C8H16O5Si. The van der Waals surface area contributed by atoms with Crippen LogP contribution in [0.4, 0.5) is 0 Å². The summed E-state index contributed by atoms with van der Waals surface area (Å²) in [4.78, 5) is 21.3. The Kier molecular flexibility index (Phi) is 6.14. The second-order valence-corrected chi connectivity index (χ2v) is 4.69. The van der Waals surface area contributed by atoms with Gasteiger partial charge in [0, 0.05) is 13.8 Å². The molecule has 0 aromatic carbocycles. The Bertz CT molecular complexity index is 188. The first-order valence-electron chi connectivity index (χ1n) is 4.38. The molecule has 0 unspecified atom stereocenters. The van der Waals surface area contributed by atoms with Gasteiger partial charge in [0.2, 0.25) is 0 Å². The summed E-state index contributed by atoms with van der Waals surface area (Å²) < 4.78 is 14.9. The fourth-order valence-corrected chi connectivity index (χ4v) is 2.20. The van der Waals surface area contributed by atoms with Crippen molar-refractivity contribution >= 4 is 21.2 Å². The fourth-order valence-electron chi connectivity index (χ4n) is 0.733. The van der Waals surface area contributed by atoms with Gasteiger partial charge in [0.05, 0.1) is 6.10 Å². The van der Waals surface area contributed by atoms with Gasteiger partial charge in [0.25, 0.3) is 11.9 Å². The first kappa shape index (κ1) is 13.1. The zero-order chi connectivity index (χ0) is 11.1. The molecule has 0 saturated carbocycles. The molecule has 0 aromatic rings. The molecule has 0 aliphatic carbocycles. The molecule has 0 atom stereocenters. The molecular weight excluding hydrogens is 204 g/mol. The summed E-state index contributed by atoms with van der Waals surface area (Å²) in [6, 6.07) is 0. The lowest BCUT2D eigenvalue weighted by atomic mass is 10.5. The second kappa shape index (κ2) is 6.55. The molecule has 0 radical (unpaired) electrons. The number of rotatable bonds is 5. The van der Waals surface area contributed by atoms with Gasteiger partial charge in [-0.05, 0) is 13.8 Å². The van der Waals surface area contributed by atoms with Crippen LogP contribution in [-0.4, -0.2) is 33.6 Å². The Balaban J connectivity index is 3.96. The highest BCUT2D eigenvalue weighted by atomic mass is 28.3. The van der Waals surface area contributed by atoms with Crippen molar-refractivity contribution in [3.8, 4) is 0 Å². The number of carbonyl (C=O) groups is 2. The van der Waals surface area contributed by atoms with Gasteiger partial charge in [-0.15, -0.1) is 0 Å². The van der Waals surface area contributed by atoms with Gasteiger partial charge in [0.15, 0.2) is 0 Å². The molecule has 6 heteroatoms. The minimum Gasteiger partial charge on any atom is -0.486 e. The summed E-state index contributed by atoms with van der Waals surface area (Å²) in [5.41, 5.74) is 0. The molecule has 82 valence electrons. The monoisotopic (exact) mass is 220 g/mol. The van der Waals surface area contributed by atoms with E-state index in [2.05, 4.69) is 0 Å². The highest BCUT2D eigenvalue weighted by Crippen LogP contribution is 1.96. The van der Waals surface area contributed by atoms with Crippen LogP contribution in [0.15, 0.2) is 0 Å². The number of hydrogen-bond acceptors (Lipinski definition) is 5. The van der Waals surface area contributed by atoms with Crippen LogP contribution in [0.2, 0.25) is 0 Å². The van der Waals surface area contributed by atoms with Gasteiger partial charge < -0.3 is 13.6 Å². The number of carbonyl (C=O) groups excluding carboxylic acids is 2. The van der Waals surface area contributed by atoms with Crippen molar-refractivity contribution in [2.75, 3.05) is 6.23 Å². The van der Waals surface area contributed by atoms with Gasteiger partial charge >= 0.3 is 9.28 Å². The highest BCUT2D eigenvalue weighted by Gasteiger charge is 2.20. The molecule has 0 aliphatic rings. The van der Waals surface area contributed by atoms with E-state index in [4.69, 9.17) is 13.6 Å². The first-order valence-corrected chi connectivity index (χ1v) is 6.13. The van der Waals surface area contributed by atoms with Crippen LogP contribution in [-0.2, 0) is 23.2 Å². The van der Waals surface area contributed by atoms with E-state index in [0.717, 1.165) is 0 Å². The average Bonchev–Trinajstić information content (AvgIpc) is 1.97. The quantitative estimate of drug-likeness (QED) is 0.623. The van der Waals surface area contributed by atoms with E-state index in [0.29, 0.717) is 0 Å². The van der Waals surface area contributed by atoms with Gasteiger partial charge in [0.1, 0.15) is 6.23 Å². The van der Waals surface area contributed by atoms with Gasteiger partial charge in [-0.2, -0.15) is 0 Å². The first-order chi connectivity index (χ1) is 6.41. The predicted octanol–water partition coefficient (Wildman–Crippen LogP) is 0.297. The van der Waals surface area contributed by atoms with Crippen molar-refractivity contribution in [2.24, 2.45) is 0 Å². The summed E-state index contributed by atoms with van der Waals surface area (Å²) in [5.74, 6) is -0.898. The van der Waals surface area contributed by atoms with Crippen LogP contribution in [0.25, 0.3) is 0 Å². The zero-order valence-corrected chi connectivity index (χ0v) is 10.1. The van der Waals surface area contributed by atoms with Crippen molar-refractivity contribution in [3.05, 3.63) is 0 Å². The topological polar surface area (TPSA) is 61.8 Å². The molecule has 0 aliphatic heterocycles. The third-order valence-electron chi connectivity index (χ3n) is 1.16. The summed E-state index contributed by atoms with van der Waals surface area (Å²) in [6.07, 6.45) is 0.215. The van der Waals surface area contributed by atoms with Gasteiger partial charge in [-0.25, -0.2) is 0 Å². The standard InChI is InChI=1S/C8H16O5Si/c1-6(2)11-5-14(12-7(3)9)13-8(4)10/h6,14H,5H2,1-4H3. The third-order valence-corrected chi connectivity index (χ3v) is 2.81. The molecule has 0 rings (SSSR count). The molecule has 0 saturated heterocycles. The Morgan fingerprint density at radius 3 is 1.86 bits per heavy atom. The molecule has 0 N–H and O–H groups in total. The maximum atomic E-state index is 10.6. The largest absolute Gasteiger partial charge is 0.486 e. The highest BCUT2D eigenvalue weighted by molar-refractivity contribution is 6.48. The minimum absolute atomic E-state index is 0.0242. The van der Waals surface area contributed by atoms with Crippen LogP contribution in [0.3, 0.4) is 0 Å². The summed E-state index contributed by atoms with van der Waals surface area (Å²) in [7, 11) is -2.33. The van der Waals surface area contributed by atoms with E-state index in [9.17, 15) is 9.59 Å². The van der Waals surface area contributed by atoms with Gasteiger partial charge in [-0.1, -0.05) is 0 Å². The summed E-state index contributed by atoms with van der Waals surface area (Å²) in [6.45, 7) is 6.26. The maximum Gasteiger partial charge on any atom is 0.474 e. The van der Waals surface area contributed by atoms with E-state index in [1.807, 2.05) is 13.8 Å². The molecule has 5 nitrogen and oxygen atoms in total. The van der Waals surface area contributed by atoms with E-state index >= 15 is 0 Å².